The van der Waals surface area contributed by atoms with Crippen LogP contribution in [0.3, 0.4) is 0 Å². The molecule has 2 aromatic carbocycles. The van der Waals surface area contributed by atoms with Crippen molar-refractivity contribution in [3.63, 3.8) is 0 Å². The number of rotatable bonds is 3. The fraction of sp³-hybridized carbons (Fsp3) is 0.133. The molecule has 3 nitrogen and oxygen atoms in total. The van der Waals surface area contributed by atoms with Crippen LogP contribution in [0.2, 0.25) is 10.0 Å². The van der Waals surface area contributed by atoms with Gasteiger partial charge in [-0.15, -0.1) is 12.4 Å². The van der Waals surface area contributed by atoms with Gasteiger partial charge in [0.15, 0.2) is 5.96 Å². The molecule has 0 saturated heterocycles. The van der Waals surface area contributed by atoms with E-state index < -0.39 is 0 Å². The molecule has 0 amide bonds. The van der Waals surface area contributed by atoms with Crippen molar-refractivity contribution in [3.8, 4) is 0 Å². The maximum atomic E-state index is 6.07. The van der Waals surface area contributed by atoms with Gasteiger partial charge in [0.25, 0.3) is 0 Å². The molecule has 0 unspecified atom stereocenters. The lowest BCUT2D eigenvalue weighted by Crippen LogP contribution is -2.22. The first-order valence-corrected chi connectivity index (χ1v) is 7.00. The van der Waals surface area contributed by atoms with Crippen molar-refractivity contribution in [2.24, 2.45) is 10.7 Å². The molecule has 0 aromatic heterocycles. The second-order valence-electron chi connectivity index (χ2n) is 4.25. The molecule has 2 rings (SSSR count). The third-order valence-electron chi connectivity index (χ3n) is 2.78. The number of benzene rings is 2. The third-order valence-corrected chi connectivity index (χ3v) is 3.59. The summed E-state index contributed by atoms with van der Waals surface area (Å²) in [4.78, 5) is 4.24. The van der Waals surface area contributed by atoms with E-state index in [0.717, 1.165) is 12.1 Å². The molecule has 21 heavy (non-hydrogen) atoms. The fourth-order valence-corrected chi connectivity index (χ4v) is 2.09. The topological polar surface area (TPSA) is 50.4 Å². The molecule has 3 N–H and O–H groups in total. The van der Waals surface area contributed by atoms with E-state index in [0.29, 0.717) is 15.7 Å². The summed E-state index contributed by atoms with van der Waals surface area (Å²) in [5, 5.41) is 3.88. The molecule has 0 radical (unpaired) electrons. The first kappa shape index (κ1) is 17.6. The Morgan fingerprint density at radius 3 is 2.62 bits per heavy atom. The number of guanidine groups is 1. The number of hydrogen-bond donors (Lipinski definition) is 2. The lowest BCUT2D eigenvalue weighted by atomic mass is 10.1. The summed E-state index contributed by atoms with van der Waals surface area (Å²) in [6, 6.07) is 13.2. The molecule has 0 aliphatic rings. The van der Waals surface area contributed by atoms with Gasteiger partial charge in [0.1, 0.15) is 0 Å². The largest absolute Gasteiger partial charge is 0.369 e. The molecule has 0 spiro atoms. The molecule has 0 atom stereocenters. The average Bonchev–Trinajstić information content (AvgIpc) is 2.44. The normalized spacial score (nSPS) is 10.9. The van der Waals surface area contributed by atoms with E-state index >= 15 is 0 Å². The zero-order valence-electron chi connectivity index (χ0n) is 11.4. The summed E-state index contributed by atoms with van der Waals surface area (Å²) >= 11 is 12.0. The Bertz CT molecular complexity index is 642. The number of aliphatic imine (C=N–C) groups is 1. The second-order valence-corrected chi connectivity index (χ2v) is 5.03. The van der Waals surface area contributed by atoms with E-state index in [1.807, 2.05) is 18.2 Å². The molecule has 2 aromatic rings. The van der Waals surface area contributed by atoms with Crippen LogP contribution in [0, 0.1) is 0 Å². The van der Waals surface area contributed by atoms with E-state index in [1.54, 1.807) is 18.2 Å². The Morgan fingerprint density at radius 1 is 1.19 bits per heavy atom. The smallest absolute Gasteiger partial charge is 0.198 e. The van der Waals surface area contributed by atoms with Crippen LogP contribution in [0.25, 0.3) is 0 Å². The standard InChI is InChI=1S/C15H15Cl2N3.ClH/c1-2-10-5-3-6-11(9-10)19-15(18)20-13-8-4-7-12(16)14(13)17;/h3-9H,2H2,1H3,(H3,18,19,20);1H. The third kappa shape index (κ3) is 4.81. The van der Waals surface area contributed by atoms with Crippen molar-refractivity contribution in [1.29, 1.82) is 0 Å². The van der Waals surface area contributed by atoms with Crippen molar-refractivity contribution in [2.45, 2.75) is 13.3 Å². The van der Waals surface area contributed by atoms with E-state index in [2.05, 4.69) is 23.3 Å². The lowest BCUT2D eigenvalue weighted by Gasteiger charge is -2.08. The molecule has 0 heterocycles. The van der Waals surface area contributed by atoms with Gasteiger partial charge >= 0.3 is 0 Å². The van der Waals surface area contributed by atoms with Crippen molar-refractivity contribution >= 4 is 52.9 Å². The molecular weight excluding hydrogens is 329 g/mol. The van der Waals surface area contributed by atoms with Gasteiger partial charge in [-0.25, -0.2) is 4.99 Å². The van der Waals surface area contributed by atoms with E-state index in [-0.39, 0.29) is 18.4 Å². The zero-order chi connectivity index (χ0) is 14.5. The minimum atomic E-state index is 0. The number of anilines is 1. The predicted octanol–water partition coefficient (Wildman–Crippen LogP) is 5.04. The second kappa shape index (κ2) is 8.13. The van der Waals surface area contributed by atoms with Crippen molar-refractivity contribution in [3.05, 3.63) is 58.1 Å². The number of nitrogens with two attached hydrogens (primary N) is 1. The molecule has 0 fully saturated rings. The minimum absolute atomic E-state index is 0. The fourth-order valence-electron chi connectivity index (χ4n) is 1.75. The van der Waals surface area contributed by atoms with Crippen LogP contribution >= 0.6 is 35.6 Å². The number of halogens is 3. The Kier molecular flexibility index (Phi) is 6.82. The van der Waals surface area contributed by atoms with Crippen LogP contribution in [-0.2, 0) is 6.42 Å². The number of nitrogens with one attached hydrogen (secondary N) is 1. The summed E-state index contributed by atoms with van der Waals surface area (Å²) in [5.41, 5.74) is 8.54. The highest BCUT2D eigenvalue weighted by atomic mass is 35.5. The highest BCUT2D eigenvalue weighted by molar-refractivity contribution is 6.43. The summed E-state index contributed by atoms with van der Waals surface area (Å²) in [6.45, 7) is 2.10. The molecule has 0 aliphatic heterocycles. The summed E-state index contributed by atoms with van der Waals surface area (Å²) in [6.07, 6.45) is 0.965. The first-order chi connectivity index (χ1) is 9.60. The van der Waals surface area contributed by atoms with E-state index in [9.17, 15) is 0 Å². The van der Waals surface area contributed by atoms with Crippen LogP contribution in [0.4, 0.5) is 11.4 Å². The van der Waals surface area contributed by atoms with Crippen LogP contribution in [0.1, 0.15) is 12.5 Å². The Hall–Kier alpha value is -1.42. The Labute approximate surface area is 140 Å². The van der Waals surface area contributed by atoms with E-state index in [4.69, 9.17) is 28.9 Å². The van der Waals surface area contributed by atoms with E-state index in [1.165, 1.54) is 5.56 Å². The van der Waals surface area contributed by atoms with Crippen LogP contribution in [-0.4, -0.2) is 5.96 Å². The van der Waals surface area contributed by atoms with Crippen LogP contribution in [0.5, 0.6) is 0 Å². The average molecular weight is 345 g/mol. The zero-order valence-corrected chi connectivity index (χ0v) is 13.8. The summed E-state index contributed by atoms with van der Waals surface area (Å²) in [5.74, 6) is 0.266. The molecule has 0 saturated carbocycles. The van der Waals surface area contributed by atoms with Crippen molar-refractivity contribution < 1.29 is 0 Å². The minimum Gasteiger partial charge on any atom is -0.369 e. The van der Waals surface area contributed by atoms with Gasteiger partial charge in [0.2, 0.25) is 0 Å². The van der Waals surface area contributed by atoms with Gasteiger partial charge in [0, 0.05) is 5.69 Å². The van der Waals surface area contributed by atoms with Gasteiger partial charge < -0.3 is 11.1 Å². The summed E-state index contributed by atoms with van der Waals surface area (Å²) < 4.78 is 0. The predicted molar refractivity (Wildman–Crippen MR) is 94.4 cm³/mol. The molecule has 6 heteroatoms. The monoisotopic (exact) mass is 343 g/mol. The first-order valence-electron chi connectivity index (χ1n) is 6.24. The van der Waals surface area contributed by atoms with Crippen molar-refractivity contribution in [1.82, 2.24) is 0 Å². The molecule has 0 aliphatic carbocycles. The number of hydrogen-bond acceptors (Lipinski definition) is 1. The maximum absolute atomic E-state index is 6.07. The summed E-state index contributed by atoms with van der Waals surface area (Å²) in [7, 11) is 0. The maximum Gasteiger partial charge on any atom is 0.198 e. The van der Waals surface area contributed by atoms with Crippen LogP contribution in [0.15, 0.2) is 47.5 Å². The van der Waals surface area contributed by atoms with Gasteiger partial charge in [-0.3, -0.25) is 0 Å². The Balaban J connectivity index is 0.00000220. The lowest BCUT2D eigenvalue weighted by molar-refractivity contribution is 1.14. The van der Waals surface area contributed by atoms with Gasteiger partial charge in [-0.1, -0.05) is 48.3 Å². The Morgan fingerprint density at radius 2 is 1.90 bits per heavy atom. The van der Waals surface area contributed by atoms with Gasteiger partial charge in [-0.2, -0.15) is 0 Å². The SMILES string of the molecule is CCc1cccc(NC(N)=Nc2cccc(Cl)c2Cl)c1.Cl. The van der Waals surface area contributed by atoms with Gasteiger partial charge in [-0.05, 0) is 36.2 Å². The molecule has 0 bridgehead atoms. The number of aryl methyl sites for hydroxylation is 1. The van der Waals surface area contributed by atoms with Gasteiger partial charge in [0.05, 0.1) is 15.7 Å². The quantitative estimate of drug-likeness (QED) is 0.605. The molecule has 112 valence electrons. The highest BCUT2D eigenvalue weighted by Gasteiger charge is 2.04. The van der Waals surface area contributed by atoms with Crippen molar-refractivity contribution in [2.75, 3.05) is 5.32 Å². The van der Waals surface area contributed by atoms with Crippen LogP contribution < -0.4 is 11.1 Å². The molecular formula is C15H16Cl3N3. The highest BCUT2D eigenvalue weighted by Crippen LogP contribution is 2.31. The number of nitrogens with zero attached hydrogens (tertiary/aromatic N) is 1.